The summed E-state index contributed by atoms with van der Waals surface area (Å²) in [7, 11) is 0. The lowest BCUT2D eigenvalue weighted by atomic mass is 10.0. The van der Waals surface area contributed by atoms with Crippen LogP contribution < -0.4 is 5.32 Å². The molecular formula is C21H21F3N2O2. The van der Waals surface area contributed by atoms with Crippen LogP contribution in [0.1, 0.15) is 30.9 Å². The van der Waals surface area contributed by atoms with Crippen molar-refractivity contribution in [3.05, 3.63) is 65.7 Å². The number of halogens is 3. The quantitative estimate of drug-likeness (QED) is 0.740. The molecule has 4 nitrogen and oxygen atoms in total. The van der Waals surface area contributed by atoms with Crippen LogP contribution in [0.4, 0.5) is 18.9 Å². The molecule has 7 heteroatoms. The molecule has 1 saturated carbocycles. The number of anilines is 1. The zero-order chi connectivity index (χ0) is 20.4. The molecule has 3 rings (SSSR count). The van der Waals surface area contributed by atoms with Gasteiger partial charge in [0.15, 0.2) is 0 Å². The van der Waals surface area contributed by atoms with Gasteiger partial charge in [-0.3, -0.25) is 9.59 Å². The van der Waals surface area contributed by atoms with E-state index in [2.05, 4.69) is 5.32 Å². The van der Waals surface area contributed by atoms with Gasteiger partial charge in [0.2, 0.25) is 11.8 Å². The van der Waals surface area contributed by atoms with Crippen LogP contribution in [-0.4, -0.2) is 23.3 Å². The molecule has 0 radical (unpaired) electrons. The van der Waals surface area contributed by atoms with E-state index in [-0.39, 0.29) is 11.6 Å². The summed E-state index contributed by atoms with van der Waals surface area (Å²) in [4.78, 5) is 27.4. The Labute approximate surface area is 161 Å². The lowest BCUT2D eigenvalue weighted by Gasteiger charge is -2.26. The first-order valence-corrected chi connectivity index (χ1v) is 9.09. The van der Waals surface area contributed by atoms with E-state index in [4.69, 9.17) is 0 Å². The van der Waals surface area contributed by atoms with Crippen molar-refractivity contribution in [1.82, 2.24) is 4.90 Å². The summed E-state index contributed by atoms with van der Waals surface area (Å²) in [6.07, 6.45) is -3.93. The van der Waals surface area contributed by atoms with E-state index in [1.807, 2.05) is 37.3 Å². The van der Waals surface area contributed by atoms with Gasteiger partial charge < -0.3 is 10.2 Å². The summed E-state index contributed by atoms with van der Waals surface area (Å²) in [5, 5.41) is 2.34. The molecule has 0 unspecified atom stereocenters. The lowest BCUT2D eigenvalue weighted by molar-refractivity contribution is -0.142. The van der Waals surface area contributed by atoms with Crippen molar-refractivity contribution in [1.29, 1.82) is 0 Å². The van der Waals surface area contributed by atoms with E-state index in [1.54, 1.807) is 4.90 Å². The van der Waals surface area contributed by atoms with Gasteiger partial charge in [-0.05, 0) is 37.5 Å². The van der Waals surface area contributed by atoms with Gasteiger partial charge in [0.1, 0.15) is 5.41 Å². The first-order valence-electron chi connectivity index (χ1n) is 9.09. The molecule has 2 aromatic rings. The summed E-state index contributed by atoms with van der Waals surface area (Å²) in [6, 6.07) is 14.1. The third kappa shape index (κ3) is 4.03. The molecule has 1 N–H and O–H groups in total. The summed E-state index contributed by atoms with van der Waals surface area (Å²) < 4.78 is 39.5. The molecule has 2 aromatic carbocycles. The number of amides is 2. The summed E-state index contributed by atoms with van der Waals surface area (Å²) >= 11 is 0. The largest absolute Gasteiger partial charge is 0.418 e. The highest BCUT2D eigenvalue weighted by Crippen LogP contribution is 2.49. The fourth-order valence-electron chi connectivity index (χ4n) is 3.18. The van der Waals surface area contributed by atoms with E-state index < -0.39 is 23.1 Å². The molecule has 0 saturated heterocycles. The summed E-state index contributed by atoms with van der Waals surface area (Å²) in [5.41, 5.74) is -1.62. The van der Waals surface area contributed by atoms with Crippen LogP contribution in [-0.2, 0) is 22.3 Å². The number of nitrogens with zero attached hydrogens (tertiary/aromatic N) is 1. The Hall–Kier alpha value is -2.83. The fourth-order valence-corrected chi connectivity index (χ4v) is 3.18. The molecule has 1 aliphatic carbocycles. The van der Waals surface area contributed by atoms with Gasteiger partial charge in [0.05, 0.1) is 11.3 Å². The predicted molar refractivity (Wildman–Crippen MR) is 99.3 cm³/mol. The second-order valence-electron chi connectivity index (χ2n) is 6.88. The number of alkyl halides is 3. The Morgan fingerprint density at radius 2 is 1.64 bits per heavy atom. The highest BCUT2D eigenvalue weighted by Gasteiger charge is 2.58. The van der Waals surface area contributed by atoms with Crippen molar-refractivity contribution in [2.45, 2.75) is 32.5 Å². The molecule has 0 spiro atoms. The van der Waals surface area contributed by atoms with Crippen LogP contribution in [0.2, 0.25) is 0 Å². The Morgan fingerprint density at radius 1 is 1.04 bits per heavy atom. The normalized spacial score (nSPS) is 15.0. The number of carbonyl (C=O) groups excluding carboxylic acids is 2. The van der Waals surface area contributed by atoms with Gasteiger partial charge >= 0.3 is 6.18 Å². The Kier molecular flexibility index (Phi) is 5.45. The zero-order valence-electron chi connectivity index (χ0n) is 15.4. The molecule has 1 fully saturated rings. The van der Waals surface area contributed by atoms with Crippen LogP contribution in [0, 0.1) is 5.41 Å². The Bertz CT molecular complexity index is 861. The average molecular weight is 390 g/mol. The monoisotopic (exact) mass is 390 g/mol. The maximum absolute atomic E-state index is 13.2. The minimum Gasteiger partial charge on any atom is -0.338 e. The van der Waals surface area contributed by atoms with E-state index in [0.29, 0.717) is 25.9 Å². The molecule has 1 aliphatic rings. The number of benzene rings is 2. The van der Waals surface area contributed by atoms with E-state index in [9.17, 15) is 22.8 Å². The van der Waals surface area contributed by atoms with Gasteiger partial charge in [-0.2, -0.15) is 13.2 Å². The topological polar surface area (TPSA) is 49.4 Å². The van der Waals surface area contributed by atoms with Crippen molar-refractivity contribution in [3.63, 3.8) is 0 Å². The van der Waals surface area contributed by atoms with E-state index in [0.717, 1.165) is 11.6 Å². The highest BCUT2D eigenvalue weighted by molar-refractivity contribution is 6.13. The number of carbonyl (C=O) groups is 2. The zero-order valence-corrected chi connectivity index (χ0v) is 15.4. The van der Waals surface area contributed by atoms with Crippen LogP contribution >= 0.6 is 0 Å². The third-order valence-corrected chi connectivity index (χ3v) is 4.96. The Balaban J connectivity index is 1.77. The standard InChI is InChI=1S/C21H21F3N2O2/c1-2-26(14-15-8-4-3-5-9-15)19(28)20(12-13-20)18(27)25-17-11-7-6-10-16(17)21(22,23)24/h3-11H,2,12-14H2,1H3,(H,25,27). The minimum atomic E-state index is -4.59. The number of rotatable bonds is 6. The second-order valence-corrected chi connectivity index (χ2v) is 6.88. The second kappa shape index (κ2) is 7.66. The maximum Gasteiger partial charge on any atom is 0.418 e. The van der Waals surface area contributed by atoms with Crippen molar-refractivity contribution < 1.29 is 22.8 Å². The van der Waals surface area contributed by atoms with Crippen LogP contribution in [0.5, 0.6) is 0 Å². The molecule has 0 aromatic heterocycles. The van der Waals surface area contributed by atoms with Crippen molar-refractivity contribution in [3.8, 4) is 0 Å². The van der Waals surface area contributed by atoms with Gasteiger partial charge in [-0.1, -0.05) is 42.5 Å². The number of hydrogen-bond donors (Lipinski definition) is 1. The molecule has 0 heterocycles. The fraction of sp³-hybridized carbons (Fsp3) is 0.333. The van der Waals surface area contributed by atoms with Crippen LogP contribution in [0.25, 0.3) is 0 Å². The van der Waals surface area contributed by atoms with Crippen molar-refractivity contribution >= 4 is 17.5 Å². The summed E-state index contributed by atoms with van der Waals surface area (Å²) in [5.74, 6) is -1.03. The first-order chi connectivity index (χ1) is 13.3. The molecule has 0 bridgehead atoms. The van der Waals surface area contributed by atoms with Crippen molar-refractivity contribution in [2.24, 2.45) is 5.41 Å². The van der Waals surface area contributed by atoms with Gasteiger partial charge in [0.25, 0.3) is 0 Å². The molecule has 2 amide bonds. The number of para-hydroxylation sites is 1. The highest BCUT2D eigenvalue weighted by atomic mass is 19.4. The predicted octanol–water partition coefficient (Wildman–Crippen LogP) is 4.47. The van der Waals surface area contributed by atoms with Gasteiger partial charge in [0, 0.05) is 13.1 Å². The van der Waals surface area contributed by atoms with Gasteiger partial charge in [-0.25, -0.2) is 0 Å². The molecule has 0 aliphatic heterocycles. The molecule has 148 valence electrons. The molecular weight excluding hydrogens is 369 g/mol. The van der Waals surface area contributed by atoms with Gasteiger partial charge in [-0.15, -0.1) is 0 Å². The molecule has 28 heavy (non-hydrogen) atoms. The third-order valence-electron chi connectivity index (χ3n) is 4.96. The van der Waals surface area contributed by atoms with E-state index >= 15 is 0 Å². The Morgan fingerprint density at radius 3 is 2.21 bits per heavy atom. The average Bonchev–Trinajstić information content (AvgIpc) is 3.48. The lowest BCUT2D eigenvalue weighted by Crippen LogP contribution is -2.42. The van der Waals surface area contributed by atoms with Crippen molar-refractivity contribution in [2.75, 3.05) is 11.9 Å². The number of hydrogen-bond acceptors (Lipinski definition) is 2. The molecule has 0 atom stereocenters. The maximum atomic E-state index is 13.2. The minimum absolute atomic E-state index is 0.329. The summed E-state index contributed by atoms with van der Waals surface area (Å²) in [6.45, 7) is 2.57. The SMILES string of the molecule is CCN(Cc1ccccc1)C(=O)C1(C(=O)Nc2ccccc2C(F)(F)F)CC1. The van der Waals surface area contributed by atoms with Crippen LogP contribution in [0.3, 0.4) is 0 Å². The first kappa shape index (κ1) is 19.9. The van der Waals surface area contributed by atoms with E-state index in [1.165, 1.54) is 18.2 Å². The number of nitrogens with one attached hydrogen (secondary N) is 1. The van der Waals surface area contributed by atoms with Crippen LogP contribution in [0.15, 0.2) is 54.6 Å². The smallest absolute Gasteiger partial charge is 0.338 e.